The smallest absolute Gasteiger partial charge is 0.231 e. The van der Waals surface area contributed by atoms with Gasteiger partial charge in [-0.1, -0.05) is 30.4 Å². The highest BCUT2D eigenvalue weighted by molar-refractivity contribution is 5.93. The summed E-state index contributed by atoms with van der Waals surface area (Å²) in [4.78, 5) is 28.4. The molecule has 1 N–H and O–H groups in total. The maximum Gasteiger partial charge on any atom is 0.231 e. The highest BCUT2D eigenvalue weighted by Crippen LogP contribution is 2.52. The van der Waals surface area contributed by atoms with Crippen LogP contribution in [0.2, 0.25) is 0 Å². The summed E-state index contributed by atoms with van der Waals surface area (Å²) in [6, 6.07) is 13.2. The van der Waals surface area contributed by atoms with E-state index in [-0.39, 0.29) is 24.7 Å². The molecule has 0 unspecified atom stereocenters. The highest BCUT2D eigenvalue weighted by Gasteiger charge is 2.66. The number of benzene rings is 2. The molecule has 2 bridgehead atoms. The van der Waals surface area contributed by atoms with Gasteiger partial charge in [0.1, 0.15) is 11.4 Å². The number of nitrogens with one attached hydrogen (secondary N) is 1. The fourth-order valence-electron chi connectivity index (χ4n) is 5.32. The number of hydrogen-bond acceptors (Lipinski definition) is 6. The van der Waals surface area contributed by atoms with E-state index in [1.54, 1.807) is 12.0 Å². The lowest BCUT2D eigenvalue weighted by molar-refractivity contribution is -0.137. The van der Waals surface area contributed by atoms with E-state index in [4.69, 9.17) is 18.9 Å². The number of ether oxygens (including phenoxy) is 4. The van der Waals surface area contributed by atoms with Crippen molar-refractivity contribution < 1.29 is 28.5 Å². The molecule has 0 radical (unpaired) electrons. The molecule has 0 aromatic heterocycles. The molecule has 170 valence electrons. The van der Waals surface area contributed by atoms with Crippen molar-refractivity contribution >= 4 is 11.8 Å². The van der Waals surface area contributed by atoms with Gasteiger partial charge in [-0.2, -0.15) is 0 Å². The Labute approximate surface area is 191 Å². The topological polar surface area (TPSA) is 86.3 Å². The molecule has 2 aromatic rings. The molecule has 8 heteroatoms. The van der Waals surface area contributed by atoms with E-state index in [1.165, 1.54) is 0 Å². The van der Waals surface area contributed by atoms with Crippen LogP contribution in [-0.2, 0) is 27.4 Å². The van der Waals surface area contributed by atoms with Crippen LogP contribution in [0.1, 0.15) is 11.1 Å². The summed E-state index contributed by atoms with van der Waals surface area (Å²) in [6.45, 7) is 1.44. The first kappa shape index (κ1) is 20.1. The molecule has 6 rings (SSSR count). The summed E-state index contributed by atoms with van der Waals surface area (Å²) < 4.78 is 22.2. The van der Waals surface area contributed by atoms with Gasteiger partial charge >= 0.3 is 0 Å². The molecule has 33 heavy (non-hydrogen) atoms. The van der Waals surface area contributed by atoms with E-state index in [0.717, 1.165) is 16.9 Å². The van der Waals surface area contributed by atoms with Crippen molar-refractivity contribution in [3.63, 3.8) is 0 Å². The quantitative estimate of drug-likeness (QED) is 0.681. The van der Waals surface area contributed by atoms with Gasteiger partial charge < -0.3 is 29.2 Å². The van der Waals surface area contributed by atoms with Crippen LogP contribution in [0, 0.1) is 11.8 Å². The van der Waals surface area contributed by atoms with Crippen LogP contribution in [0.5, 0.6) is 17.2 Å². The lowest BCUT2D eigenvalue weighted by Gasteiger charge is -2.23. The lowest BCUT2D eigenvalue weighted by atomic mass is 9.77. The zero-order valence-corrected chi connectivity index (χ0v) is 18.2. The van der Waals surface area contributed by atoms with Gasteiger partial charge in [-0.3, -0.25) is 9.59 Å². The summed E-state index contributed by atoms with van der Waals surface area (Å²) in [5.74, 6) is 0.887. The van der Waals surface area contributed by atoms with E-state index in [1.807, 2.05) is 54.6 Å². The van der Waals surface area contributed by atoms with Gasteiger partial charge in [0.05, 0.1) is 31.6 Å². The predicted octanol–water partition coefficient (Wildman–Crippen LogP) is 2.02. The maximum absolute atomic E-state index is 13.4. The largest absolute Gasteiger partial charge is 0.497 e. The third-order valence-corrected chi connectivity index (χ3v) is 6.92. The zero-order valence-electron chi connectivity index (χ0n) is 18.2. The predicted molar refractivity (Wildman–Crippen MR) is 117 cm³/mol. The summed E-state index contributed by atoms with van der Waals surface area (Å²) in [5, 5.41) is 2.99. The second-order valence-electron chi connectivity index (χ2n) is 8.85. The SMILES string of the molecule is COc1ccc(CNC(=O)[C@@H]2[C@@H]3C=C[C@@]4(CN(Cc5ccc6c(c5)OCO6)C(=O)[C@@H]24)O3)cc1. The highest BCUT2D eigenvalue weighted by atomic mass is 16.7. The van der Waals surface area contributed by atoms with Crippen molar-refractivity contribution in [2.45, 2.75) is 24.8 Å². The molecule has 2 saturated heterocycles. The fraction of sp³-hybridized carbons (Fsp3) is 0.360. The Hall–Kier alpha value is -3.52. The molecular weight excluding hydrogens is 424 g/mol. The maximum atomic E-state index is 13.4. The molecule has 1 spiro atoms. The molecule has 8 nitrogen and oxygen atoms in total. The van der Waals surface area contributed by atoms with Crippen LogP contribution in [0.3, 0.4) is 0 Å². The first-order valence-corrected chi connectivity index (χ1v) is 11.0. The average Bonchev–Trinajstić information content (AvgIpc) is 3.59. The van der Waals surface area contributed by atoms with E-state index < -0.39 is 17.4 Å². The van der Waals surface area contributed by atoms with Crippen molar-refractivity contribution in [2.24, 2.45) is 11.8 Å². The van der Waals surface area contributed by atoms with Crippen molar-refractivity contribution in [1.29, 1.82) is 0 Å². The van der Waals surface area contributed by atoms with Crippen molar-refractivity contribution in [3.05, 3.63) is 65.7 Å². The Bertz CT molecular complexity index is 1150. The minimum atomic E-state index is -0.736. The van der Waals surface area contributed by atoms with Crippen LogP contribution in [-0.4, -0.2) is 48.9 Å². The van der Waals surface area contributed by atoms with Crippen LogP contribution in [0.4, 0.5) is 0 Å². The van der Waals surface area contributed by atoms with Crippen LogP contribution < -0.4 is 19.5 Å². The number of nitrogens with zero attached hydrogens (tertiary/aromatic N) is 1. The first-order valence-electron chi connectivity index (χ1n) is 11.0. The monoisotopic (exact) mass is 448 g/mol. The van der Waals surface area contributed by atoms with E-state index in [0.29, 0.717) is 31.1 Å². The molecule has 4 aliphatic rings. The number of hydrogen-bond donors (Lipinski definition) is 1. The number of amides is 2. The molecule has 0 saturated carbocycles. The van der Waals surface area contributed by atoms with Crippen LogP contribution in [0.15, 0.2) is 54.6 Å². The number of methoxy groups -OCH3 is 1. The minimum absolute atomic E-state index is 0.0517. The fourth-order valence-corrected chi connectivity index (χ4v) is 5.32. The van der Waals surface area contributed by atoms with E-state index >= 15 is 0 Å². The Balaban J connectivity index is 1.16. The summed E-state index contributed by atoms with van der Waals surface area (Å²) in [7, 11) is 1.61. The van der Waals surface area contributed by atoms with Crippen molar-refractivity contribution in [3.8, 4) is 17.2 Å². The molecule has 0 aliphatic carbocycles. The molecule has 4 heterocycles. The Morgan fingerprint density at radius 3 is 2.76 bits per heavy atom. The molecule has 2 fully saturated rings. The number of likely N-dealkylation sites (tertiary alicyclic amines) is 1. The number of rotatable bonds is 6. The number of carbonyl (C=O) groups excluding carboxylic acids is 2. The minimum Gasteiger partial charge on any atom is -0.497 e. The van der Waals surface area contributed by atoms with Gasteiger partial charge in [-0.05, 0) is 35.4 Å². The summed E-state index contributed by atoms with van der Waals surface area (Å²) in [5.41, 5.74) is 1.17. The average molecular weight is 448 g/mol. The third-order valence-electron chi connectivity index (χ3n) is 6.92. The van der Waals surface area contributed by atoms with Gasteiger partial charge in [0.15, 0.2) is 11.5 Å². The Kier molecular flexibility index (Phi) is 4.58. The Morgan fingerprint density at radius 2 is 1.94 bits per heavy atom. The van der Waals surface area contributed by atoms with Gasteiger partial charge in [0.25, 0.3) is 0 Å². The molecular formula is C25H24N2O6. The summed E-state index contributed by atoms with van der Waals surface area (Å²) in [6.07, 6.45) is 3.51. The van der Waals surface area contributed by atoms with Gasteiger partial charge in [-0.15, -0.1) is 0 Å². The standard InChI is InChI=1S/C25H24N2O6/c1-30-17-5-2-15(3-6-17)11-26-23(28)21-19-8-9-25(33-19)13-27(24(29)22(21)25)12-16-4-7-18-20(10-16)32-14-31-18/h2-10,19,21-22H,11-14H2,1H3,(H,26,28)/t19-,21+,22+,25-/m0/s1. The number of fused-ring (bicyclic) bond motifs is 2. The molecule has 4 atom stereocenters. The second-order valence-corrected chi connectivity index (χ2v) is 8.85. The molecule has 4 aliphatic heterocycles. The lowest BCUT2D eigenvalue weighted by Crippen LogP contribution is -2.43. The van der Waals surface area contributed by atoms with Gasteiger partial charge in [-0.25, -0.2) is 0 Å². The van der Waals surface area contributed by atoms with Crippen LogP contribution >= 0.6 is 0 Å². The Morgan fingerprint density at radius 1 is 1.15 bits per heavy atom. The normalized spacial score (nSPS) is 28.3. The second kappa shape index (κ2) is 7.52. The number of carbonyl (C=O) groups is 2. The van der Waals surface area contributed by atoms with E-state index in [2.05, 4.69) is 5.32 Å². The first-order chi connectivity index (χ1) is 16.1. The zero-order chi connectivity index (χ0) is 22.6. The van der Waals surface area contributed by atoms with E-state index in [9.17, 15) is 9.59 Å². The van der Waals surface area contributed by atoms with Crippen molar-refractivity contribution in [2.75, 3.05) is 20.4 Å². The molecule has 2 amide bonds. The van der Waals surface area contributed by atoms with Crippen LogP contribution in [0.25, 0.3) is 0 Å². The van der Waals surface area contributed by atoms with Gasteiger partial charge in [0.2, 0.25) is 18.6 Å². The van der Waals surface area contributed by atoms with Gasteiger partial charge in [0, 0.05) is 13.1 Å². The third kappa shape index (κ3) is 3.24. The molecule has 2 aromatic carbocycles. The van der Waals surface area contributed by atoms with Crippen molar-refractivity contribution in [1.82, 2.24) is 10.2 Å². The summed E-state index contributed by atoms with van der Waals surface area (Å²) >= 11 is 0.